The van der Waals surface area contributed by atoms with Gasteiger partial charge >= 0.3 is 6.09 Å². The normalized spacial score (nSPS) is 27.8. The van der Waals surface area contributed by atoms with Crippen molar-refractivity contribution in [3.63, 3.8) is 0 Å². The van der Waals surface area contributed by atoms with Crippen molar-refractivity contribution >= 4 is 11.8 Å². The van der Waals surface area contributed by atoms with Gasteiger partial charge in [0.2, 0.25) is 0 Å². The fraction of sp³-hybridized carbons (Fsp3) is 0.741. The maximum Gasteiger partial charge on any atom is 0.414 e. The Morgan fingerprint density at radius 1 is 1.03 bits per heavy atom. The van der Waals surface area contributed by atoms with Crippen LogP contribution in [0.1, 0.15) is 78.7 Å². The van der Waals surface area contributed by atoms with E-state index in [2.05, 4.69) is 42.7 Å². The Morgan fingerprint density at radius 2 is 1.59 bits per heavy atom. The lowest BCUT2D eigenvalue weighted by Gasteiger charge is -2.43. The Morgan fingerprint density at radius 3 is 2.16 bits per heavy atom. The first kappa shape index (κ1) is 25.0. The number of rotatable bonds is 1. The van der Waals surface area contributed by atoms with Gasteiger partial charge in [-0.1, -0.05) is 44.9 Å². The topological polar surface area (TPSA) is 58.8 Å². The minimum atomic E-state index is -0.474. The number of nitrogens with two attached hydrogens (primary N) is 1. The first-order chi connectivity index (χ1) is 15.2. The van der Waals surface area contributed by atoms with Gasteiger partial charge in [0.25, 0.3) is 0 Å². The Kier molecular flexibility index (Phi) is 7.93. The van der Waals surface area contributed by atoms with Crippen molar-refractivity contribution in [1.82, 2.24) is 4.90 Å². The number of piperidine rings is 1. The second-order valence-corrected chi connectivity index (χ2v) is 11.3. The maximum atomic E-state index is 13.0. The van der Waals surface area contributed by atoms with Crippen LogP contribution in [0.5, 0.6) is 0 Å². The molecular weight excluding hydrogens is 398 g/mol. The van der Waals surface area contributed by atoms with Crippen LogP contribution in [0, 0.1) is 11.8 Å². The number of ether oxygens (including phenoxy) is 1. The molecule has 1 aromatic rings. The van der Waals surface area contributed by atoms with Gasteiger partial charge in [0.05, 0.1) is 5.69 Å². The second kappa shape index (κ2) is 10.1. The molecule has 1 spiro atoms. The number of benzene rings is 1. The first-order valence-corrected chi connectivity index (χ1v) is 12.6. The number of carbonyl (C=O) groups is 1. The number of nitrogens with zero attached hydrogens (tertiary/aromatic N) is 2. The average molecular weight is 444 g/mol. The van der Waals surface area contributed by atoms with Crippen LogP contribution in [-0.2, 0) is 10.2 Å². The monoisotopic (exact) mass is 443 g/mol. The van der Waals surface area contributed by atoms with Crippen molar-refractivity contribution in [2.24, 2.45) is 17.6 Å². The molecule has 1 aromatic carbocycles. The largest absolute Gasteiger partial charge is 0.443 e. The van der Waals surface area contributed by atoms with Gasteiger partial charge in [-0.15, -0.1) is 0 Å². The predicted molar refractivity (Wildman–Crippen MR) is 133 cm³/mol. The smallest absolute Gasteiger partial charge is 0.414 e. The standard InChI is InChI=1S/C26H40N2O2.CH5N/c1-19-10-11-20(2)17-21(16-19)27-14-12-26(13-15-27)18-28(24(29)30-25(3,4)5)23-9-7-6-8-22(23)26;1-2/h6-9,19-21H,10-18H2,1-5H3;2H2,1H3. The molecule has 1 aliphatic carbocycles. The number of para-hydroxylation sites is 1. The fourth-order valence-corrected chi connectivity index (χ4v) is 5.98. The molecule has 5 nitrogen and oxygen atoms in total. The molecule has 1 amide bonds. The van der Waals surface area contributed by atoms with Crippen LogP contribution in [0.4, 0.5) is 10.5 Å². The summed E-state index contributed by atoms with van der Waals surface area (Å²) in [4.78, 5) is 17.6. The number of fused-ring (bicyclic) bond motifs is 2. The van der Waals surface area contributed by atoms with Crippen LogP contribution in [0.2, 0.25) is 0 Å². The quantitative estimate of drug-likeness (QED) is 0.577. The first-order valence-electron chi connectivity index (χ1n) is 12.6. The third-order valence-corrected chi connectivity index (χ3v) is 7.61. The van der Waals surface area contributed by atoms with Crippen LogP contribution in [0.25, 0.3) is 0 Å². The lowest BCUT2D eigenvalue weighted by Crippen LogP contribution is -2.49. The molecule has 5 heteroatoms. The molecule has 2 aliphatic heterocycles. The number of likely N-dealkylation sites (tertiary alicyclic amines) is 1. The number of hydrogen-bond acceptors (Lipinski definition) is 4. The molecule has 180 valence electrons. The molecule has 1 saturated heterocycles. The third kappa shape index (κ3) is 5.48. The van der Waals surface area contributed by atoms with Gasteiger partial charge in [-0.3, -0.25) is 4.90 Å². The van der Waals surface area contributed by atoms with Crippen LogP contribution in [0.3, 0.4) is 0 Å². The zero-order valence-electron chi connectivity index (χ0n) is 21.2. The predicted octanol–water partition coefficient (Wildman–Crippen LogP) is 5.57. The van der Waals surface area contributed by atoms with Gasteiger partial charge in [-0.25, -0.2) is 4.79 Å². The molecule has 2 N–H and O–H groups in total. The van der Waals surface area contributed by atoms with E-state index in [0.717, 1.165) is 56.0 Å². The fourth-order valence-electron chi connectivity index (χ4n) is 5.98. The van der Waals surface area contributed by atoms with Gasteiger partial charge in [0.15, 0.2) is 0 Å². The van der Waals surface area contributed by atoms with E-state index in [1.54, 1.807) is 0 Å². The van der Waals surface area contributed by atoms with E-state index in [1.165, 1.54) is 38.3 Å². The summed E-state index contributed by atoms with van der Waals surface area (Å²) in [5.41, 5.74) is 6.50. The molecule has 0 radical (unpaired) electrons. The highest BCUT2D eigenvalue weighted by Crippen LogP contribution is 2.48. The highest BCUT2D eigenvalue weighted by atomic mass is 16.6. The molecule has 2 unspecified atom stereocenters. The van der Waals surface area contributed by atoms with E-state index in [0.29, 0.717) is 0 Å². The minimum absolute atomic E-state index is 0.0754. The zero-order chi connectivity index (χ0) is 23.5. The molecule has 1 saturated carbocycles. The maximum absolute atomic E-state index is 13.0. The van der Waals surface area contributed by atoms with Crippen molar-refractivity contribution < 1.29 is 9.53 Å². The van der Waals surface area contributed by atoms with Crippen LogP contribution < -0.4 is 10.6 Å². The van der Waals surface area contributed by atoms with Crippen molar-refractivity contribution in [1.29, 1.82) is 0 Å². The summed E-state index contributed by atoms with van der Waals surface area (Å²) in [5.74, 6) is 1.68. The number of hydrogen-bond donors (Lipinski definition) is 1. The summed E-state index contributed by atoms with van der Waals surface area (Å²) >= 11 is 0. The SMILES string of the molecule is CC1CCC(C)CC(N2CCC3(CC2)CN(C(=O)OC(C)(C)C)c2ccccc23)C1.CN. The minimum Gasteiger partial charge on any atom is -0.443 e. The Bertz CT molecular complexity index is 752. The Balaban J connectivity index is 0.00000141. The second-order valence-electron chi connectivity index (χ2n) is 11.3. The van der Waals surface area contributed by atoms with E-state index in [1.807, 2.05) is 31.7 Å². The van der Waals surface area contributed by atoms with Gasteiger partial charge in [0, 0.05) is 18.0 Å². The van der Waals surface area contributed by atoms with Gasteiger partial charge in [-0.2, -0.15) is 0 Å². The lowest BCUT2D eigenvalue weighted by atomic mass is 9.74. The van der Waals surface area contributed by atoms with E-state index in [-0.39, 0.29) is 11.5 Å². The molecule has 4 rings (SSSR count). The molecule has 2 fully saturated rings. The van der Waals surface area contributed by atoms with Crippen molar-refractivity contribution in [3.8, 4) is 0 Å². The van der Waals surface area contributed by atoms with E-state index >= 15 is 0 Å². The van der Waals surface area contributed by atoms with Gasteiger partial charge in [-0.05, 0) is 90.1 Å². The third-order valence-electron chi connectivity index (χ3n) is 7.61. The van der Waals surface area contributed by atoms with E-state index < -0.39 is 5.60 Å². The summed E-state index contributed by atoms with van der Waals surface area (Å²) in [6.45, 7) is 13.7. The average Bonchev–Trinajstić information content (AvgIpc) is 2.96. The summed E-state index contributed by atoms with van der Waals surface area (Å²) in [6.07, 6.45) is 7.50. The highest BCUT2D eigenvalue weighted by molar-refractivity contribution is 5.91. The summed E-state index contributed by atoms with van der Waals surface area (Å²) < 4.78 is 5.74. The number of carbonyl (C=O) groups excluding carboxylic acids is 1. The van der Waals surface area contributed by atoms with Crippen molar-refractivity contribution in [2.45, 2.75) is 90.2 Å². The van der Waals surface area contributed by atoms with Gasteiger partial charge in [0.1, 0.15) is 5.60 Å². The molecule has 0 aromatic heterocycles. The van der Waals surface area contributed by atoms with Gasteiger partial charge < -0.3 is 15.4 Å². The van der Waals surface area contributed by atoms with Crippen molar-refractivity contribution in [3.05, 3.63) is 29.8 Å². The van der Waals surface area contributed by atoms with E-state index in [4.69, 9.17) is 4.74 Å². The summed E-state index contributed by atoms with van der Waals surface area (Å²) in [6, 6.07) is 9.23. The Hall–Kier alpha value is -1.59. The highest BCUT2D eigenvalue weighted by Gasteiger charge is 2.47. The number of anilines is 1. The Labute approximate surface area is 195 Å². The van der Waals surface area contributed by atoms with Crippen LogP contribution in [-0.4, -0.2) is 49.3 Å². The van der Waals surface area contributed by atoms with Crippen molar-refractivity contribution in [2.75, 3.05) is 31.6 Å². The number of amides is 1. The lowest BCUT2D eigenvalue weighted by molar-refractivity contribution is 0.0562. The van der Waals surface area contributed by atoms with Crippen LogP contribution in [0.15, 0.2) is 24.3 Å². The summed E-state index contributed by atoms with van der Waals surface area (Å²) in [7, 11) is 1.50. The molecular formula is C27H45N3O2. The molecule has 2 atom stereocenters. The summed E-state index contributed by atoms with van der Waals surface area (Å²) in [5, 5.41) is 0. The zero-order valence-corrected chi connectivity index (χ0v) is 21.2. The molecule has 32 heavy (non-hydrogen) atoms. The molecule has 2 heterocycles. The molecule has 3 aliphatic rings. The van der Waals surface area contributed by atoms with E-state index in [9.17, 15) is 4.79 Å². The van der Waals surface area contributed by atoms with Crippen LogP contribution >= 0.6 is 0 Å². The molecule has 0 bridgehead atoms.